The summed E-state index contributed by atoms with van der Waals surface area (Å²) in [7, 11) is 0. The molecular weight excluding hydrogens is 208 g/mol. The van der Waals surface area contributed by atoms with Crippen LogP contribution in [0.1, 0.15) is 46.5 Å². The summed E-state index contributed by atoms with van der Waals surface area (Å²) in [6.07, 6.45) is 5.41. The zero-order valence-electron chi connectivity index (χ0n) is 11.9. The molecule has 1 saturated carbocycles. The zero-order chi connectivity index (χ0) is 12.4. The van der Waals surface area contributed by atoms with Crippen LogP contribution in [0, 0.1) is 23.7 Å². The molecule has 0 aromatic carbocycles. The number of likely N-dealkylation sites (tertiary alicyclic amines) is 1. The van der Waals surface area contributed by atoms with Gasteiger partial charge in [-0.2, -0.15) is 0 Å². The molecule has 5 unspecified atom stereocenters. The van der Waals surface area contributed by atoms with Gasteiger partial charge in [0.15, 0.2) is 0 Å². The highest BCUT2D eigenvalue weighted by atomic mass is 15.1. The number of hydrogen-bond acceptors (Lipinski definition) is 2. The van der Waals surface area contributed by atoms with Gasteiger partial charge in [0.05, 0.1) is 0 Å². The molecule has 1 saturated heterocycles. The minimum Gasteiger partial charge on any atom is -0.327 e. The van der Waals surface area contributed by atoms with Crippen molar-refractivity contribution in [3.8, 4) is 0 Å². The van der Waals surface area contributed by atoms with E-state index in [-0.39, 0.29) is 0 Å². The molecule has 0 amide bonds. The van der Waals surface area contributed by atoms with Crippen LogP contribution >= 0.6 is 0 Å². The Morgan fingerprint density at radius 3 is 2.53 bits per heavy atom. The van der Waals surface area contributed by atoms with Crippen LogP contribution in [0.4, 0.5) is 0 Å². The van der Waals surface area contributed by atoms with Crippen molar-refractivity contribution in [2.45, 2.75) is 52.5 Å². The third-order valence-electron chi connectivity index (χ3n) is 4.94. The lowest BCUT2D eigenvalue weighted by molar-refractivity contribution is 0.0928. The highest BCUT2D eigenvalue weighted by molar-refractivity contribution is 4.88. The van der Waals surface area contributed by atoms with Gasteiger partial charge in [0, 0.05) is 19.1 Å². The Kier molecular flexibility index (Phi) is 4.48. The second kappa shape index (κ2) is 5.71. The van der Waals surface area contributed by atoms with Crippen LogP contribution in [-0.4, -0.2) is 30.6 Å². The number of nitrogens with zero attached hydrogens (tertiary/aromatic N) is 1. The first-order valence-corrected chi connectivity index (χ1v) is 7.54. The van der Waals surface area contributed by atoms with Crippen molar-refractivity contribution in [3.63, 3.8) is 0 Å². The molecule has 0 aromatic rings. The van der Waals surface area contributed by atoms with Gasteiger partial charge in [0.25, 0.3) is 0 Å². The highest BCUT2D eigenvalue weighted by Crippen LogP contribution is 2.33. The quantitative estimate of drug-likeness (QED) is 0.801. The normalized spacial score (nSPS) is 44.8. The van der Waals surface area contributed by atoms with E-state index in [9.17, 15) is 0 Å². The fourth-order valence-electron chi connectivity index (χ4n) is 4.03. The van der Waals surface area contributed by atoms with E-state index in [1.54, 1.807) is 0 Å². The van der Waals surface area contributed by atoms with Crippen LogP contribution in [0.2, 0.25) is 0 Å². The van der Waals surface area contributed by atoms with Gasteiger partial charge in [-0.05, 0) is 55.9 Å². The molecule has 0 radical (unpaired) electrons. The predicted molar refractivity (Wildman–Crippen MR) is 73.9 cm³/mol. The maximum absolute atomic E-state index is 6.38. The van der Waals surface area contributed by atoms with Crippen LogP contribution < -0.4 is 5.73 Å². The summed E-state index contributed by atoms with van der Waals surface area (Å²) in [5.41, 5.74) is 6.38. The number of rotatable bonds is 2. The third-order valence-corrected chi connectivity index (χ3v) is 4.94. The van der Waals surface area contributed by atoms with Gasteiger partial charge in [0.1, 0.15) is 0 Å². The molecule has 0 aromatic heterocycles. The van der Waals surface area contributed by atoms with Crippen molar-refractivity contribution in [3.05, 3.63) is 0 Å². The monoisotopic (exact) mass is 238 g/mol. The predicted octanol–water partition coefficient (Wildman–Crippen LogP) is 2.73. The van der Waals surface area contributed by atoms with E-state index in [2.05, 4.69) is 25.7 Å². The van der Waals surface area contributed by atoms with E-state index in [0.29, 0.717) is 6.04 Å². The zero-order valence-corrected chi connectivity index (χ0v) is 11.9. The maximum Gasteiger partial charge on any atom is 0.00844 e. The first-order valence-electron chi connectivity index (χ1n) is 7.54. The van der Waals surface area contributed by atoms with Crippen molar-refractivity contribution in [2.75, 3.05) is 19.6 Å². The minimum absolute atomic E-state index is 0.436. The molecule has 2 aliphatic rings. The average Bonchev–Trinajstić information content (AvgIpc) is 2.23. The average molecular weight is 238 g/mol. The lowest BCUT2D eigenvalue weighted by Gasteiger charge is -2.42. The molecule has 2 nitrogen and oxygen atoms in total. The Morgan fingerprint density at radius 2 is 1.88 bits per heavy atom. The Balaban J connectivity index is 1.88. The summed E-state index contributed by atoms with van der Waals surface area (Å²) in [5, 5.41) is 0. The van der Waals surface area contributed by atoms with E-state index in [4.69, 9.17) is 5.73 Å². The summed E-state index contributed by atoms with van der Waals surface area (Å²) in [6, 6.07) is 0.436. The van der Waals surface area contributed by atoms with E-state index in [0.717, 1.165) is 23.7 Å². The minimum atomic E-state index is 0.436. The van der Waals surface area contributed by atoms with Gasteiger partial charge < -0.3 is 10.6 Å². The van der Waals surface area contributed by atoms with E-state index < -0.39 is 0 Å². The number of hydrogen-bond donors (Lipinski definition) is 1. The number of nitrogens with two attached hydrogens (primary N) is 1. The van der Waals surface area contributed by atoms with Crippen LogP contribution in [0.25, 0.3) is 0 Å². The SMILES string of the molecule is CC1CC(C)C(CN2CCCC(C)C2)C(N)C1. The molecule has 100 valence electrons. The standard InChI is InChI=1S/C15H30N2/c1-11-5-4-6-17(9-11)10-14-13(3)7-12(2)8-15(14)16/h11-15H,4-10,16H2,1-3H3. The first kappa shape index (κ1) is 13.4. The molecule has 2 rings (SSSR count). The summed E-state index contributed by atoms with van der Waals surface area (Å²) in [6.45, 7) is 11.0. The second-order valence-electron chi connectivity index (χ2n) is 6.89. The van der Waals surface area contributed by atoms with Gasteiger partial charge in [-0.1, -0.05) is 20.8 Å². The molecule has 2 N–H and O–H groups in total. The Morgan fingerprint density at radius 1 is 1.12 bits per heavy atom. The smallest absolute Gasteiger partial charge is 0.00844 e. The van der Waals surface area contributed by atoms with E-state index in [1.165, 1.54) is 45.3 Å². The van der Waals surface area contributed by atoms with Crippen LogP contribution in [-0.2, 0) is 0 Å². The fraction of sp³-hybridized carbons (Fsp3) is 1.00. The molecule has 2 fully saturated rings. The van der Waals surface area contributed by atoms with Crippen molar-refractivity contribution in [1.29, 1.82) is 0 Å². The molecule has 17 heavy (non-hydrogen) atoms. The van der Waals surface area contributed by atoms with Gasteiger partial charge in [-0.3, -0.25) is 0 Å². The van der Waals surface area contributed by atoms with Crippen molar-refractivity contribution in [1.82, 2.24) is 4.90 Å². The van der Waals surface area contributed by atoms with Gasteiger partial charge >= 0.3 is 0 Å². The molecule has 0 bridgehead atoms. The van der Waals surface area contributed by atoms with Crippen molar-refractivity contribution >= 4 is 0 Å². The molecule has 0 spiro atoms. The largest absolute Gasteiger partial charge is 0.327 e. The summed E-state index contributed by atoms with van der Waals surface area (Å²) < 4.78 is 0. The van der Waals surface area contributed by atoms with Crippen LogP contribution in [0.3, 0.4) is 0 Å². The Hall–Kier alpha value is -0.0800. The topological polar surface area (TPSA) is 29.3 Å². The fourth-order valence-corrected chi connectivity index (χ4v) is 4.03. The maximum atomic E-state index is 6.38. The van der Waals surface area contributed by atoms with Crippen molar-refractivity contribution in [2.24, 2.45) is 29.4 Å². The van der Waals surface area contributed by atoms with Crippen molar-refractivity contribution < 1.29 is 0 Å². The third kappa shape index (κ3) is 3.45. The summed E-state index contributed by atoms with van der Waals surface area (Å²) in [4.78, 5) is 2.67. The molecule has 1 aliphatic heterocycles. The Bertz CT molecular complexity index is 229. The second-order valence-corrected chi connectivity index (χ2v) is 6.89. The van der Waals surface area contributed by atoms with E-state index >= 15 is 0 Å². The lowest BCUT2D eigenvalue weighted by atomic mass is 9.72. The van der Waals surface area contributed by atoms with Crippen LogP contribution in [0.5, 0.6) is 0 Å². The molecule has 1 heterocycles. The number of piperidine rings is 1. The van der Waals surface area contributed by atoms with Crippen LogP contribution in [0.15, 0.2) is 0 Å². The Labute approximate surface area is 107 Å². The first-order chi connectivity index (χ1) is 8.06. The molecule has 5 atom stereocenters. The lowest BCUT2D eigenvalue weighted by Crippen LogP contribution is -2.48. The van der Waals surface area contributed by atoms with E-state index in [1.807, 2.05) is 0 Å². The molecule has 2 heteroatoms. The molecule has 1 aliphatic carbocycles. The van der Waals surface area contributed by atoms with Gasteiger partial charge in [-0.25, -0.2) is 0 Å². The molecular formula is C15H30N2. The van der Waals surface area contributed by atoms with Gasteiger partial charge in [-0.15, -0.1) is 0 Å². The highest BCUT2D eigenvalue weighted by Gasteiger charge is 2.33. The van der Waals surface area contributed by atoms with Gasteiger partial charge in [0.2, 0.25) is 0 Å². The summed E-state index contributed by atoms with van der Waals surface area (Å²) >= 11 is 0. The summed E-state index contributed by atoms with van der Waals surface area (Å²) in [5.74, 6) is 3.26.